The zero-order valence-electron chi connectivity index (χ0n) is 9.87. The van der Waals surface area contributed by atoms with Gasteiger partial charge in [-0.3, -0.25) is 0 Å². The van der Waals surface area contributed by atoms with Gasteiger partial charge in [-0.15, -0.1) is 0 Å². The monoisotopic (exact) mass is 289 g/mol. The molecule has 1 N–H and O–H groups in total. The first-order valence-corrected chi connectivity index (χ1v) is 6.46. The van der Waals surface area contributed by atoms with Crippen LogP contribution in [0.3, 0.4) is 0 Å². The van der Waals surface area contributed by atoms with Crippen LogP contribution in [0.1, 0.15) is 40.0 Å². The first kappa shape index (κ1) is 13.4. The van der Waals surface area contributed by atoms with E-state index in [4.69, 9.17) is 0 Å². The van der Waals surface area contributed by atoms with Gasteiger partial charge in [-0.05, 0) is 0 Å². The van der Waals surface area contributed by atoms with Crippen molar-refractivity contribution < 1.29 is 9.59 Å². The molecule has 89 valence electrons. The Morgan fingerprint density at radius 3 is 2.50 bits per heavy atom. The maximum absolute atomic E-state index is 12.1. The number of amidine groups is 1. The number of nitrogens with zero attached hydrogens (tertiary/aromatic N) is 1. The molecule has 16 heavy (non-hydrogen) atoms. The second kappa shape index (κ2) is 5.11. The van der Waals surface area contributed by atoms with Gasteiger partial charge in [0.2, 0.25) is 0 Å². The van der Waals surface area contributed by atoms with E-state index in [-0.39, 0.29) is 22.5 Å². The SMILES string of the molecule is CCCC(C)C1(CC)C(=O)N=C([Se])NC1=O. The van der Waals surface area contributed by atoms with Gasteiger partial charge < -0.3 is 0 Å². The fourth-order valence-electron chi connectivity index (χ4n) is 2.30. The summed E-state index contributed by atoms with van der Waals surface area (Å²) < 4.78 is 0.280. The standard InChI is InChI=1S/C11H17N2O2Se/c1-4-6-7(3)11(5-2)8(14)12-10(16)13-9(11)15/h7H,4-6H2,1-3H3,(H,12,13,14,15). The third-order valence-electron chi connectivity index (χ3n) is 3.33. The van der Waals surface area contributed by atoms with Crippen LogP contribution in [0, 0.1) is 11.3 Å². The average molecular weight is 288 g/mol. The van der Waals surface area contributed by atoms with E-state index in [1.54, 1.807) is 0 Å². The Hall–Kier alpha value is -0.671. The molecule has 0 aromatic heterocycles. The third kappa shape index (κ3) is 2.06. The molecule has 2 unspecified atom stereocenters. The number of aliphatic imine (C=N–C) groups is 1. The molecule has 0 aliphatic carbocycles. The molecule has 1 aliphatic rings. The van der Waals surface area contributed by atoms with Gasteiger partial charge in [-0.2, -0.15) is 0 Å². The van der Waals surface area contributed by atoms with Gasteiger partial charge in [0.05, 0.1) is 0 Å². The molecule has 0 aromatic carbocycles. The van der Waals surface area contributed by atoms with Crippen LogP contribution in [0.4, 0.5) is 0 Å². The molecular weight excluding hydrogens is 271 g/mol. The summed E-state index contributed by atoms with van der Waals surface area (Å²) in [5.74, 6) is -0.509. The Bertz CT molecular complexity index is 341. The van der Waals surface area contributed by atoms with E-state index in [9.17, 15) is 9.59 Å². The number of carbonyl (C=O) groups excluding carboxylic acids is 2. The molecule has 0 spiro atoms. The number of rotatable bonds is 4. The van der Waals surface area contributed by atoms with Crippen LogP contribution >= 0.6 is 0 Å². The summed E-state index contributed by atoms with van der Waals surface area (Å²) in [4.78, 5) is 27.9. The Balaban J connectivity index is 3.11. The summed E-state index contributed by atoms with van der Waals surface area (Å²) in [5, 5.41) is 2.63. The minimum absolute atomic E-state index is 0.0202. The summed E-state index contributed by atoms with van der Waals surface area (Å²) in [6.45, 7) is 5.86. The van der Waals surface area contributed by atoms with E-state index in [2.05, 4.69) is 26.3 Å². The van der Waals surface area contributed by atoms with Crippen LogP contribution in [-0.4, -0.2) is 32.6 Å². The molecule has 5 heteroatoms. The quantitative estimate of drug-likeness (QED) is 0.620. The number of nitrogens with one attached hydrogen (secondary N) is 1. The van der Waals surface area contributed by atoms with Crippen LogP contribution in [0.2, 0.25) is 0 Å². The second-order valence-corrected chi connectivity index (χ2v) is 5.00. The summed E-state index contributed by atoms with van der Waals surface area (Å²) in [6, 6.07) is 0. The minimum atomic E-state index is -0.969. The van der Waals surface area contributed by atoms with Gasteiger partial charge in [-0.25, -0.2) is 0 Å². The van der Waals surface area contributed by atoms with Crippen molar-refractivity contribution in [2.45, 2.75) is 40.0 Å². The van der Waals surface area contributed by atoms with Crippen molar-refractivity contribution in [2.24, 2.45) is 16.3 Å². The number of carbonyl (C=O) groups is 2. The number of amides is 2. The Morgan fingerprint density at radius 1 is 1.44 bits per heavy atom. The van der Waals surface area contributed by atoms with Crippen molar-refractivity contribution in [3.05, 3.63) is 0 Å². The van der Waals surface area contributed by atoms with Crippen molar-refractivity contribution in [3.63, 3.8) is 0 Å². The number of hydrogen-bond donors (Lipinski definition) is 1. The van der Waals surface area contributed by atoms with Crippen molar-refractivity contribution >= 4 is 32.6 Å². The first-order valence-electron chi connectivity index (χ1n) is 5.60. The molecule has 0 aromatic rings. The normalized spacial score (nSPS) is 27.3. The second-order valence-electron chi connectivity index (χ2n) is 4.19. The van der Waals surface area contributed by atoms with Gasteiger partial charge in [0.25, 0.3) is 0 Å². The first-order chi connectivity index (χ1) is 7.48. The molecule has 1 radical (unpaired) electrons. The summed E-state index contributed by atoms with van der Waals surface area (Å²) in [5.41, 5.74) is -0.969. The van der Waals surface area contributed by atoms with Crippen molar-refractivity contribution in [3.8, 4) is 0 Å². The van der Waals surface area contributed by atoms with Crippen LogP contribution < -0.4 is 5.32 Å². The van der Waals surface area contributed by atoms with E-state index in [1.807, 2.05) is 20.8 Å². The maximum atomic E-state index is 12.1. The molecule has 2 atom stereocenters. The molecule has 1 aliphatic heterocycles. The van der Waals surface area contributed by atoms with Gasteiger partial charge in [-0.1, -0.05) is 0 Å². The van der Waals surface area contributed by atoms with Crippen LogP contribution in [-0.2, 0) is 9.59 Å². The van der Waals surface area contributed by atoms with Gasteiger partial charge >= 0.3 is 104 Å². The molecule has 0 saturated heterocycles. The Kier molecular flexibility index (Phi) is 4.27. The fourth-order valence-corrected chi connectivity index (χ4v) is 2.67. The predicted octanol–water partition coefficient (Wildman–Crippen LogP) is 1.000. The predicted molar refractivity (Wildman–Crippen MR) is 63.1 cm³/mol. The van der Waals surface area contributed by atoms with Gasteiger partial charge in [0.15, 0.2) is 0 Å². The van der Waals surface area contributed by atoms with E-state index in [0.717, 1.165) is 12.8 Å². The van der Waals surface area contributed by atoms with Crippen LogP contribution in [0.15, 0.2) is 4.99 Å². The van der Waals surface area contributed by atoms with E-state index in [0.29, 0.717) is 6.42 Å². The molecule has 0 saturated carbocycles. The topological polar surface area (TPSA) is 58.5 Å². The summed E-state index contributed by atoms with van der Waals surface area (Å²) >= 11 is 2.57. The Labute approximate surface area is 104 Å². The fraction of sp³-hybridized carbons (Fsp3) is 0.727. The zero-order valence-corrected chi connectivity index (χ0v) is 11.6. The molecule has 0 fully saturated rings. The summed E-state index contributed by atoms with van der Waals surface area (Å²) in [7, 11) is 0. The molecule has 0 bridgehead atoms. The van der Waals surface area contributed by atoms with Crippen LogP contribution in [0.25, 0.3) is 0 Å². The van der Waals surface area contributed by atoms with E-state index in [1.165, 1.54) is 0 Å². The average Bonchev–Trinajstić information content (AvgIpc) is 2.18. The van der Waals surface area contributed by atoms with Gasteiger partial charge in [0, 0.05) is 0 Å². The molecule has 1 rings (SSSR count). The Morgan fingerprint density at radius 2 is 2.06 bits per heavy atom. The molecular formula is C11H17N2O2Se. The zero-order chi connectivity index (χ0) is 12.3. The molecule has 1 heterocycles. The van der Waals surface area contributed by atoms with E-state index >= 15 is 0 Å². The van der Waals surface area contributed by atoms with E-state index < -0.39 is 5.41 Å². The van der Waals surface area contributed by atoms with Crippen LogP contribution in [0.5, 0.6) is 0 Å². The van der Waals surface area contributed by atoms with Crippen molar-refractivity contribution in [1.82, 2.24) is 5.32 Å². The summed E-state index contributed by atoms with van der Waals surface area (Å²) in [6.07, 6.45) is 2.30. The third-order valence-corrected chi connectivity index (χ3v) is 3.74. The van der Waals surface area contributed by atoms with Crippen molar-refractivity contribution in [2.75, 3.05) is 0 Å². The number of hydrogen-bond acceptors (Lipinski definition) is 2. The molecule has 4 nitrogen and oxygen atoms in total. The molecule has 2 amide bonds. The van der Waals surface area contributed by atoms with Crippen molar-refractivity contribution in [1.29, 1.82) is 0 Å². The van der Waals surface area contributed by atoms with Gasteiger partial charge in [0.1, 0.15) is 0 Å².